The first-order chi connectivity index (χ1) is 8.79. The van der Waals surface area contributed by atoms with Crippen molar-refractivity contribution < 1.29 is 10.2 Å². The topological polar surface area (TPSA) is 98.2 Å². The van der Waals surface area contributed by atoms with Crippen molar-refractivity contribution in [1.29, 1.82) is 0 Å². The van der Waals surface area contributed by atoms with Crippen molar-refractivity contribution in [3.05, 3.63) is 12.5 Å². The molecular formula is C11H15N5O2. The number of aliphatic hydroxyl groups excluding tert-OH is 2. The van der Waals surface area contributed by atoms with E-state index in [1.54, 1.807) is 6.20 Å². The van der Waals surface area contributed by atoms with Crippen LogP contribution in [0.15, 0.2) is 12.5 Å². The van der Waals surface area contributed by atoms with Gasteiger partial charge in [0.1, 0.15) is 12.1 Å². The molecule has 0 radical (unpaired) electrons. The zero-order valence-electron chi connectivity index (χ0n) is 9.82. The van der Waals surface area contributed by atoms with Gasteiger partial charge in [0.2, 0.25) is 0 Å². The van der Waals surface area contributed by atoms with Gasteiger partial charge in [0.05, 0.1) is 24.3 Å². The molecule has 3 N–H and O–H groups in total. The molecule has 18 heavy (non-hydrogen) atoms. The summed E-state index contributed by atoms with van der Waals surface area (Å²) < 4.78 is 0. The molecule has 2 aromatic heterocycles. The van der Waals surface area contributed by atoms with Crippen LogP contribution in [0, 0.1) is 5.92 Å². The molecule has 2 aromatic rings. The van der Waals surface area contributed by atoms with E-state index in [1.807, 2.05) is 0 Å². The zero-order valence-corrected chi connectivity index (χ0v) is 9.82. The number of aromatic amines is 1. The van der Waals surface area contributed by atoms with E-state index in [0.717, 1.165) is 17.7 Å². The van der Waals surface area contributed by atoms with E-state index in [-0.39, 0.29) is 12.5 Å². The Hall–Kier alpha value is -1.73. The standard InChI is InChI=1S/C11H15N5O2/c17-5-7-4-16(2-1-9(7)18)11-8-3-14-15-10(8)12-6-13-11/h3,6-7,9,17-18H,1-2,4-5H2,(H,12,13,14,15). The van der Waals surface area contributed by atoms with E-state index in [9.17, 15) is 10.2 Å². The summed E-state index contributed by atoms with van der Waals surface area (Å²) in [6, 6.07) is 0. The van der Waals surface area contributed by atoms with Gasteiger partial charge in [0.15, 0.2) is 5.65 Å². The number of aromatic nitrogens is 4. The molecule has 1 fully saturated rings. The third-order valence-electron chi connectivity index (χ3n) is 3.45. The van der Waals surface area contributed by atoms with Gasteiger partial charge in [-0.2, -0.15) is 5.10 Å². The summed E-state index contributed by atoms with van der Waals surface area (Å²) in [5.41, 5.74) is 0.701. The van der Waals surface area contributed by atoms with Gasteiger partial charge >= 0.3 is 0 Å². The molecule has 1 saturated heterocycles. The van der Waals surface area contributed by atoms with Gasteiger partial charge in [-0.05, 0) is 6.42 Å². The van der Waals surface area contributed by atoms with Crippen molar-refractivity contribution in [3.63, 3.8) is 0 Å². The lowest BCUT2D eigenvalue weighted by Crippen LogP contribution is -2.45. The summed E-state index contributed by atoms with van der Waals surface area (Å²) in [5.74, 6) is 0.676. The second-order valence-electron chi connectivity index (χ2n) is 4.57. The quantitative estimate of drug-likeness (QED) is 0.665. The number of hydrogen-bond acceptors (Lipinski definition) is 6. The first kappa shape index (κ1) is 11.4. The Morgan fingerprint density at radius 3 is 3.17 bits per heavy atom. The summed E-state index contributed by atoms with van der Waals surface area (Å²) in [6.07, 6.45) is 3.39. The molecule has 1 aliphatic heterocycles. The average Bonchev–Trinajstić information content (AvgIpc) is 2.87. The van der Waals surface area contributed by atoms with Crippen molar-refractivity contribution in [2.75, 3.05) is 24.6 Å². The van der Waals surface area contributed by atoms with Crippen LogP contribution in [0.5, 0.6) is 0 Å². The first-order valence-corrected chi connectivity index (χ1v) is 5.97. The largest absolute Gasteiger partial charge is 0.396 e. The second kappa shape index (κ2) is 4.51. The smallest absolute Gasteiger partial charge is 0.160 e. The minimum absolute atomic E-state index is 0.0166. The van der Waals surface area contributed by atoms with Crippen LogP contribution >= 0.6 is 0 Å². The Bertz CT molecular complexity index is 543. The maximum absolute atomic E-state index is 9.77. The number of nitrogens with one attached hydrogen (secondary N) is 1. The number of piperidine rings is 1. The van der Waals surface area contributed by atoms with E-state index in [2.05, 4.69) is 25.1 Å². The van der Waals surface area contributed by atoms with Crippen LogP contribution in [0.1, 0.15) is 6.42 Å². The zero-order chi connectivity index (χ0) is 12.5. The minimum atomic E-state index is -0.437. The number of aliphatic hydroxyl groups is 2. The molecule has 0 spiro atoms. The molecule has 3 heterocycles. The molecule has 0 amide bonds. The predicted molar refractivity (Wildman–Crippen MR) is 65.1 cm³/mol. The lowest BCUT2D eigenvalue weighted by molar-refractivity contribution is 0.0524. The lowest BCUT2D eigenvalue weighted by Gasteiger charge is -2.36. The fourth-order valence-electron chi connectivity index (χ4n) is 2.40. The number of anilines is 1. The number of rotatable bonds is 2. The summed E-state index contributed by atoms with van der Waals surface area (Å²) in [7, 11) is 0. The van der Waals surface area contributed by atoms with E-state index in [4.69, 9.17) is 0 Å². The van der Waals surface area contributed by atoms with Crippen LogP contribution in [0.25, 0.3) is 11.0 Å². The third kappa shape index (κ3) is 1.81. The number of H-pyrrole nitrogens is 1. The SMILES string of the molecule is OCC1CN(c2ncnc3[nH]ncc23)CCC1O. The van der Waals surface area contributed by atoms with Crippen LogP contribution in [0.2, 0.25) is 0 Å². The summed E-state index contributed by atoms with van der Waals surface area (Å²) in [5, 5.41) is 26.7. The van der Waals surface area contributed by atoms with Gasteiger partial charge in [0, 0.05) is 19.0 Å². The Morgan fingerprint density at radius 2 is 2.33 bits per heavy atom. The molecule has 0 bridgehead atoms. The highest BCUT2D eigenvalue weighted by atomic mass is 16.3. The second-order valence-corrected chi connectivity index (χ2v) is 4.57. The average molecular weight is 249 g/mol. The molecule has 96 valence electrons. The minimum Gasteiger partial charge on any atom is -0.396 e. The lowest BCUT2D eigenvalue weighted by atomic mass is 9.95. The molecule has 2 atom stereocenters. The van der Waals surface area contributed by atoms with Gasteiger partial charge in [-0.3, -0.25) is 5.10 Å². The highest BCUT2D eigenvalue weighted by Gasteiger charge is 2.28. The van der Waals surface area contributed by atoms with Crippen LogP contribution < -0.4 is 4.90 Å². The molecule has 2 unspecified atom stereocenters. The molecule has 7 nitrogen and oxygen atoms in total. The fourth-order valence-corrected chi connectivity index (χ4v) is 2.40. The Labute approximate surface area is 103 Å². The van der Waals surface area contributed by atoms with Crippen LogP contribution in [0.3, 0.4) is 0 Å². The maximum atomic E-state index is 9.77. The van der Waals surface area contributed by atoms with Gasteiger partial charge in [-0.15, -0.1) is 0 Å². The number of nitrogens with zero attached hydrogens (tertiary/aromatic N) is 4. The fraction of sp³-hybridized carbons (Fsp3) is 0.545. The van der Waals surface area contributed by atoms with E-state index >= 15 is 0 Å². The van der Waals surface area contributed by atoms with E-state index < -0.39 is 6.10 Å². The summed E-state index contributed by atoms with van der Waals surface area (Å²) in [6.45, 7) is 1.29. The predicted octanol–water partition coefficient (Wildman–Crippen LogP) is -0.468. The first-order valence-electron chi connectivity index (χ1n) is 5.97. The number of fused-ring (bicyclic) bond motifs is 1. The highest BCUT2D eigenvalue weighted by Crippen LogP contribution is 2.26. The van der Waals surface area contributed by atoms with E-state index in [0.29, 0.717) is 18.6 Å². The Kier molecular flexibility index (Phi) is 2.85. The summed E-state index contributed by atoms with van der Waals surface area (Å²) >= 11 is 0. The van der Waals surface area contributed by atoms with E-state index in [1.165, 1.54) is 6.33 Å². The molecule has 0 saturated carbocycles. The molecule has 0 aliphatic carbocycles. The monoisotopic (exact) mass is 249 g/mol. The maximum Gasteiger partial charge on any atom is 0.160 e. The molecular weight excluding hydrogens is 234 g/mol. The van der Waals surface area contributed by atoms with Gasteiger partial charge < -0.3 is 15.1 Å². The van der Waals surface area contributed by atoms with Crippen LogP contribution in [-0.4, -0.2) is 56.2 Å². The highest BCUT2D eigenvalue weighted by molar-refractivity contribution is 5.86. The van der Waals surface area contributed by atoms with Crippen molar-refractivity contribution in [3.8, 4) is 0 Å². The van der Waals surface area contributed by atoms with Crippen molar-refractivity contribution in [1.82, 2.24) is 20.2 Å². The molecule has 7 heteroatoms. The Morgan fingerprint density at radius 1 is 1.44 bits per heavy atom. The Balaban J connectivity index is 1.93. The number of hydrogen-bond donors (Lipinski definition) is 3. The van der Waals surface area contributed by atoms with Gasteiger partial charge in [0.25, 0.3) is 0 Å². The summed E-state index contributed by atoms with van der Waals surface area (Å²) in [4.78, 5) is 10.4. The van der Waals surface area contributed by atoms with Crippen molar-refractivity contribution >= 4 is 16.9 Å². The van der Waals surface area contributed by atoms with Crippen LogP contribution in [-0.2, 0) is 0 Å². The van der Waals surface area contributed by atoms with Crippen molar-refractivity contribution in [2.24, 2.45) is 5.92 Å². The molecule has 1 aliphatic rings. The van der Waals surface area contributed by atoms with Crippen LogP contribution in [0.4, 0.5) is 5.82 Å². The third-order valence-corrected chi connectivity index (χ3v) is 3.45. The van der Waals surface area contributed by atoms with Gasteiger partial charge in [-0.25, -0.2) is 9.97 Å². The molecule has 3 rings (SSSR count). The normalized spacial score (nSPS) is 24.7. The molecule has 0 aromatic carbocycles. The van der Waals surface area contributed by atoms with Crippen molar-refractivity contribution in [2.45, 2.75) is 12.5 Å². The van der Waals surface area contributed by atoms with Gasteiger partial charge in [-0.1, -0.05) is 0 Å².